The van der Waals surface area contributed by atoms with E-state index in [-0.39, 0.29) is 10.6 Å². The molecule has 0 saturated heterocycles. The average molecular weight is 376 g/mol. The molecule has 0 aliphatic heterocycles. The molecule has 1 unspecified atom stereocenters. The Balaban J connectivity index is 2.75. The number of non-ortho nitro benzene ring substituents is 1. The number of benzene rings is 1. The number of nitro groups is 1. The first kappa shape index (κ1) is 16.4. The van der Waals surface area contributed by atoms with Gasteiger partial charge in [-0.05, 0) is 54.0 Å². The standard InChI is InChI=1S/C14H21IN2O2/c1-3-5-12(16-8-4-2)9-11-6-7-13(17(18)19)10-14(11)15/h6-7,10,12,16H,3-5,8-9H2,1-2H3. The van der Waals surface area contributed by atoms with Crippen LogP contribution in [-0.4, -0.2) is 17.5 Å². The van der Waals surface area contributed by atoms with E-state index in [4.69, 9.17) is 0 Å². The number of hydrogen-bond donors (Lipinski definition) is 1. The Labute approximate surface area is 128 Å². The summed E-state index contributed by atoms with van der Waals surface area (Å²) in [6, 6.07) is 5.59. The average Bonchev–Trinajstić information content (AvgIpc) is 2.38. The molecule has 1 N–H and O–H groups in total. The van der Waals surface area contributed by atoms with Crippen LogP contribution in [0.3, 0.4) is 0 Å². The lowest BCUT2D eigenvalue weighted by atomic mass is 10.0. The molecule has 0 heterocycles. The van der Waals surface area contributed by atoms with Gasteiger partial charge in [-0.1, -0.05) is 26.3 Å². The summed E-state index contributed by atoms with van der Waals surface area (Å²) >= 11 is 2.19. The summed E-state index contributed by atoms with van der Waals surface area (Å²) < 4.78 is 0.978. The van der Waals surface area contributed by atoms with E-state index in [0.29, 0.717) is 6.04 Å². The summed E-state index contributed by atoms with van der Waals surface area (Å²) in [5.74, 6) is 0. The van der Waals surface area contributed by atoms with Crippen molar-refractivity contribution in [2.45, 2.75) is 45.6 Å². The molecule has 106 valence electrons. The van der Waals surface area contributed by atoms with Crippen LogP contribution in [0.2, 0.25) is 0 Å². The van der Waals surface area contributed by atoms with Gasteiger partial charge in [0.15, 0.2) is 0 Å². The van der Waals surface area contributed by atoms with Gasteiger partial charge in [0, 0.05) is 21.7 Å². The predicted octanol–water partition coefficient (Wildman–Crippen LogP) is 3.91. The van der Waals surface area contributed by atoms with Gasteiger partial charge < -0.3 is 5.32 Å². The van der Waals surface area contributed by atoms with Crippen molar-refractivity contribution in [3.8, 4) is 0 Å². The van der Waals surface area contributed by atoms with Gasteiger partial charge >= 0.3 is 0 Å². The molecule has 0 fully saturated rings. The Morgan fingerprint density at radius 3 is 2.63 bits per heavy atom. The van der Waals surface area contributed by atoms with Crippen LogP contribution in [-0.2, 0) is 6.42 Å². The van der Waals surface area contributed by atoms with Gasteiger partial charge in [-0.2, -0.15) is 0 Å². The van der Waals surface area contributed by atoms with Crippen molar-refractivity contribution in [1.29, 1.82) is 0 Å². The Hall–Kier alpha value is -0.690. The SMILES string of the molecule is CCCNC(CCC)Cc1ccc([N+](=O)[O-])cc1I. The fraction of sp³-hybridized carbons (Fsp3) is 0.571. The molecule has 1 aromatic rings. The molecule has 0 amide bonds. The van der Waals surface area contributed by atoms with Gasteiger partial charge in [-0.3, -0.25) is 10.1 Å². The molecule has 0 bridgehead atoms. The number of hydrogen-bond acceptors (Lipinski definition) is 3. The topological polar surface area (TPSA) is 55.2 Å². The first-order chi connectivity index (χ1) is 9.08. The van der Waals surface area contributed by atoms with Crippen LogP contribution >= 0.6 is 22.6 Å². The van der Waals surface area contributed by atoms with Crippen molar-refractivity contribution < 1.29 is 4.92 Å². The summed E-state index contributed by atoms with van der Waals surface area (Å²) in [5, 5.41) is 14.3. The summed E-state index contributed by atoms with van der Waals surface area (Å²) in [7, 11) is 0. The lowest BCUT2D eigenvalue weighted by Gasteiger charge is -2.18. The number of nitro benzene ring substituents is 1. The van der Waals surface area contributed by atoms with E-state index in [2.05, 4.69) is 41.8 Å². The normalized spacial score (nSPS) is 12.4. The molecule has 0 aliphatic carbocycles. The van der Waals surface area contributed by atoms with Crippen molar-refractivity contribution in [1.82, 2.24) is 5.32 Å². The minimum atomic E-state index is -0.342. The van der Waals surface area contributed by atoms with Crippen LogP contribution < -0.4 is 5.32 Å². The Morgan fingerprint density at radius 1 is 1.37 bits per heavy atom. The first-order valence-corrected chi connectivity index (χ1v) is 7.82. The maximum Gasteiger partial charge on any atom is 0.270 e. The number of nitrogens with one attached hydrogen (secondary N) is 1. The second-order valence-electron chi connectivity index (χ2n) is 4.68. The zero-order valence-corrected chi connectivity index (χ0v) is 13.6. The van der Waals surface area contributed by atoms with Crippen LogP contribution in [0.4, 0.5) is 5.69 Å². The van der Waals surface area contributed by atoms with Crippen molar-refractivity contribution in [3.63, 3.8) is 0 Å². The van der Waals surface area contributed by atoms with Gasteiger partial charge in [0.2, 0.25) is 0 Å². The zero-order valence-electron chi connectivity index (χ0n) is 11.5. The van der Waals surface area contributed by atoms with E-state index in [9.17, 15) is 10.1 Å². The zero-order chi connectivity index (χ0) is 14.3. The van der Waals surface area contributed by atoms with Crippen LogP contribution in [0.25, 0.3) is 0 Å². The molecule has 1 aromatic carbocycles. The fourth-order valence-electron chi connectivity index (χ4n) is 2.05. The summed E-state index contributed by atoms with van der Waals surface area (Å²) in [5.41, 5.74) is 1.36. The van der Waals surface area contributed by atoms with Crippen molar-refractivity contribution in [2.75, 3.05) is 6.54 Å². The monoisotopic (exact) mass is 376 g/mol. The maximum atomic E-state index is 10.7. The number of rotatable bonds is 8. The molecule has 0 spiro atoms. The summed E-state index contributed by atoms with van der Waals surface area (Å²) in [6.45, 7) is 5.36. The lowest BCUT2D eigenvalue weighted by Crippen LogP contribution is -2.31. The van der Waals surface area contributed by atoms with Crippen molar-refractivity contribution in [3.05, 3.63) is 37.4 Å². The molecular weight excluding hydrogens is 355 g/mol. The van der Waals surface area contributed by atoms with Gasteiger partial charge in [-0.15, -0.1) is 0 Å². The largest absolute Gasteiger partial charge is 0.314 e. The third kappa shape index (κ3) is 5.44. The Bertz CT molecular complexity index is 424. The molecule has 4 nitrogen and oxygen atoms in total. The maximum absolute atomic E-state index is 10.7. The predicted molar refractivity (Wildman–Crippen MR) is 86.5 cm³/mol. The molecule has 1 atom stereocenters. The van der Waals surface area contributed by atoms with Gasteiger partial charge in [-0.25, -0.2) is 0 Å². The van der Waals surface area contributed by atoms with E-state index in [1.807, 2.05) is 6.07 Å². The minimum Gasteiger partial charge on any atom is -0.314 e. The summed E-state index contributed by atoms with van der Waals surface area (Å²) in [4.78, 5) is 10.4. The molecule has 1 rings (SSSR count). The van der Waals surface area contributed by atoms with E-state index < -0.39 is 0 Å². The quantitative estimate of drug-likeness (QED) is 0.425. The molecule has 0 aliphatic rings. The van der Waals surface area contributed by atoms with Crippen LogP contribution in [0.15, 0.2) is 18.2 Å². The first-order valence-electron chi connectivity index (χ1n) is 6.74. The van der Waals surface area contributed by atoms with E-state index in [1.54, 1.807) is 12.1 Å². The highest BCUT2D eigenvalue weighted by Crippen LogP contribution is 2.21. The third-order valence-electron chi connectivity index (χ3n) is 3.03. The van der Waals surface area contributed by atoms with Crippen LogP contribution in [0.5, 0.6) is 0 Å². The fourth-order valence-corrected chi connectivity index (χ4v) is 2.77. The van der Waals surface area contributed by atoms with Gasteiger partial charge in [0.05, 0.1) is 4.92 Å². The van der Waals surface area contributed by atoms with E-state index >= 15 is 0 Å². The highest BCUT2D eigenvalue weighted by molar-refractivity contribution is 14.1. The Morgan fingerprint density at radius 2 is 2.11 bits per heavy atom. The molecule has 0 saturated carbocycles. The van der Waals surface area contributed by atoms with Crippen LogP contribution in [0, 0.1) is 13.7 Å². The second-order valence-corrected chi connectivity index (χ2v) is 5.84. The van der Waals surface area contributed by atoms with Crippen molar-refractivity contribution in [2.24, 2.45) is 0 Å². The molecule has 0 radical (unpaired) electrons. The summed E-state index contributed by atoms with van der Waals surface area (Å²) in [6.07, 6.45) is 4.33. The minimum absolute atomic E-state index is 0.168. The van der Waals surface area contributed by atoms with Crippen LogP contribution in [0.1, 0.15) is 38.7 Å². The van der Waals surface area contributed by atoms with E-state index in [1.165, 1.54) is 5.56 Å². The Kier molecular flexibility index (Phi) is 7.30. The molecular formula is C14H21IN2O2. The highest BCUT2D eigenvalue weighted by atomic mass is 127. The molecule has 19 heavy (non-hydrogen) atoms. The highest BCUT2D eigenvalue weighted by Gasteiger charge is 2.13. The number of halogens is 1. The van der Waals surface area contributed by atoms with Gasteiger partial charge in [0.1, 0.15) is 0 Å². The van der Waals surface area contributed by atoms with Crippen molar-refractivity contribution >= 4 is 28.3 Å². The number of nitrogens with zero attached hydrogens (tertiary/aromatic N) is 1. The lowest BCUT2D eigenvalue weighted by molar-refractivity contribution is -0.385. The van der Waals surface area contributed by atoms with Gasteiger partial charge in [0.25, 0.3) is 5.69 Å². The molecule has 0 aromatic heterocycles. The molecule has 5 heteroatoms. The smallest absolute Gasteiger partial charge is 0.270 e. The second kappa shape index (κ2) is 8.47. The van der Waals surface area contributed by atoms with E-state index in [0.717, 1.165) is 35.8 Å². The third-order valence-corrected chi connectivity index (χ3v) is 4.04.